The fourth-order valence-corrected chi connectivity index (χ4v) is 1.95. The van der Waals surface area contributed by atoms with E-state index in [0.717, 1.165) is 16.7 Å². The fourth-order valence-electron chi connectivity index (χ4n) is 1.95. The van der Waals surface area contributed by atoms with Gasteiger partial charge in [-0.15, -0.1) is 5.10 Å². The number of carbonyl (C=O) groups is 1. The van der Waals surface area contributed by atoms with Crippen molar-refractivity contribution in [3.05, 3.63) is 34.5 Å². The average molecular weight is 245 g/mol. The fraction of sp³-hybridized carbons (Fsp3) is 0.308. The molecule has 0 aliphatic carbocycles. The lowest BCUT2D eigenvalue weighted by atomic mass is 9.98. The Labute approximate surface area is 105 Å². The number of hydrogen-bond acceptors (Lipinski definition) is 3. The maximum atomic E-state index is 11.2. The first-order chi connectivity index (χ1) is 8.40. The van der Waals surface area contributed by atoms with Crippen molar-refractivity contribution in [3.8, 4) is 11.3 Å². The predicted octanol–water partition coefficient (Wildman–Crippen LogP) is 2.11. The first-order valence-corrected chi connectivity index (χ1v) is 5.63. The summed E-state index contributed by atoms with van der Waals surface area (Å²) in [5.74, 6) is -1.06. The van der Waals surface area contributed by atoms with Gasteiger partial charge in [0.05, 0.1) is 0 Å². The van der Waals surface area contributed by atoms with E-state index < -0.39 is 5.97 Å². The van der Waals surface area contributed by atoms with Gasteiger partial charge in [-0.05, 0) is 43.5 Å². The molecular formula is C13H15N3O2. The number of rotatable bonds is 2. The average Bonchev–Trinajstić information content (AvgIpc) is 2.65. The Hall–Kier alpha value is -2.17. The van der Waals surface area contributed by atoms with Crippen LogP contribution in [0.5, 0.6) is 0 Å². The SMILES string of the molecule is Cc1cc(C)c(-c2nn(C)nc2C(=O)O)cc1C. The number of aromatic nitrogens is 3. The van der Waals surface area contributed by atoms with E-state index in [0.29, 0.717) is 5.69 Å². The van der Waals surface area contributed by atoms with Crippen molar-refractivity contribution in [1.82, 2.24) is 15.0 Å². The number of carboxylic acid groups (broad SMARTS) is 1. The highest BCUT2D eigenvalue weighted by Gasteiger charge is 2.20. The molecule has 2 rings (SSSR count). The third-order valence-electron chi connectivity index (χ3n) is 3.01. The third kappa shape index (κ3) is 1.99. The lowest BCUT2D eigenvalue weighted by Crippen LogP contribution is -2.01. The predicted molar refractivity (Wildman–Crippen MR) is 67.6 cm³/mol. The number of aromatic carboxylic acids is 1. The summed E-state index contributed by atoms with van der Waals surface area (Å²) in [6.45, 7) is 5.97. The molecule has 0 atom stereocenters. The van der Waals surface area contributed by atoms with Crippen LogP contribution in [-0.4, -0.2) is 26.1 Å². The van der Waals surface area contributed by atoms with Gasteiger partial charge in [0.15, 0.2) is 5.69 Å². The molecule has 0 aliphatic heterocycles. The standard InChI is InChI=1S/C13H15N3O2/c1-7-5-9(3)10(6-8(7)2)11-12(13(17)18)15-16(4)14-11/h5-6H,1-4H3,(H,17,18). The Balaban J connectivity index is 2.69. The van der Waals surface area contributed by atoms with Crippen LogP contribution in [0.25, 0.3) is 11.3 Å². The van der Waals surface area contributed by atoms with Crippen LogP contribution in [0.4, 0.5) is 0 Å². The molecule has 1 aromatic carbocycles. The Morgan fingerprint density at radius 1 is 1.11 bits per heavy atom. The number of aryl methyl sites for hydroxylation is 4. The molecule has 2 aromatic rings. The molecule has 1 aromatic heterocycles. The number of carboxylic acids is 1. The van der Waals surface area contributed by atoms with Gasteiger partial charge in [0.1, 0.15) is 5.69 Å². The molecule has 1 heterocycles. The van der Waals surface area contributed by atoms with E-state index in [1.54, 1.807) is 7.05 Å². The van der Waals surface area contributed by atoms with E-state index in [9.17, 15) is 4.79 Å². The Bertz CT molecular complexity index is 629. The molecule has 0 radical (unpaired) electrons. The van der Waals surface area contributed by atoms with Crippen molar-refractivity contribution >= 4 is 5.97 Å². The topological polar surface area (TPSA) is 68.0 Å². The molecular weight excluding hydrogens is 230 g/mol. The minimum atomic E-state index is -1.06. The zero-order valence-corrected chi connectivity index (χ0v) is 10.9. The minimum Gasteiger partial charge on any atom is -0.476 e. The van der Waals surface area contributed by atoms with E-state index in [1.165, 1.54) is 10.4 Å². The van der Waals surface area contributed by atoms with E-state index in [-0.39, 0.29) is 5.69 Å². The molecule has 0 saturated heterocycles. The Morgan fingerprint density at radius 3 is 2.33 bits per heavy atom. The molecule has 0 saturated carbocycles. The summed E-state index contributed by atoms with van der Waals surface area (Å²) in [5.41, 5.74) is 4.52. The molecule has 0 aliphatic rings. The van der Waals surface area contributed by atoms with Crippen molar-refractivity contribution in [1.29, 1.82) is 0 Å². The summed E-state index contributed by atoms with van der Waals surface area (Å²) in [4.78, 5) is 12.4. The highest BCUT2D eigenvalue weighted by molar-refractivity contribution is 5.93. The van der Waals surface area contributed by atoms with Gasteiger partial charge in [-0.1, -0.05) is 6.07 Å². The van der Waals surface area contributed by atoms with Gasteiger partial charge in [0, 0.05) is 12.6 Å². The van der Waals surface area contributed by atoms with Crippen molar-refractivity contribution in [2.45, 2.75) is 20.8 Å². The zero-order valence-electron chi connectivity index (χ0n) is 10.9. The molecule has 0 spiro atoms. The molecule has 18 heavy (non-hydrogen) atoms. The first kappa shape index (κ1) is 12.3. The van der Waals surface area contributed by atoms with E-state index in [1.807, 2.05) is 32.9 Å². The monoisotopic (exact) mass is 245 g/mol. The lowest BCUT2D eigenvalue weighted by Gasteiger charge is -2.07. The Kier molecular flexibility index (Phi) is 2.90. The summed E-state index contributed by atoms with van der Waals surface area (Å²) in [6.07, 6.45) is 0. The van der Waals surface area contributed by atoms with Gasteiger partial charge >= 0.3 is 5.97 Å². The second-order valence-corrected chi connectivity index (χ2v) is 4.44. The maximum Gasteiger partial charge on any atom is 0.358 e. The van der Waals surface area contributed by atoms with Gasteiger partial charge in [0.2, 0.25) is 0 Å². The molecule has 0 bridgehead atoms. The van der Waals surface area contributed by atoms with Gasteiger partial charge < -0.3 is 5.11 Å². The summed E-state index contributed by atoms with van der Waals surface area (Å²) in [7, 11) is 1.62. The van der Waals surface area contributed by atoms with Crippen LogP contribution in [0.15, 0.2) is 12.1 Å². The van der Waals surface area contributed by atoms with Gasteiger partial charge in [-0.3, -0.25) is 0 Å². The van der Waals surface area contributed by atoms with E-state index in [2.05, 4.69) is 10.2 Å². The summed E-state index contributed by atoms with van der Waals surface area (Å²) in [6, 6.07) is 3.99. The molecule has 94 valence electrons. The second-order valence-electron chi connectivity index (χ2n) is 4.44. The summed E-state index contributed by atoms with van der Waals surface area (Å²) >= 11 is 0. The third-order valence-corrected chi connectivity index (χ3v) is 3.01. The van der Waals surface area contributed by atoms with Gasteiger partial charge in [-0.25, -0.2) is 4.79 Å². The normalized spacial score (nSPS) is 10.7. The van der Waals surface area contributed by atoms with Crippen molar-refractivity contribution in [2.24, 2.45) is 7.05 Å². The second kappa shape index (κ2) is 4.25. The van der Waals surface area contributed by atoms with Crippen LogP contribution in [0.1, 0.15) is 27.2 Å². The van der Waals surface area contributed by atoms with Crippen molar-refractivity contribution in [2.75, 3.05) is 0 Å². The Morgan fingerprint density at radius 2 is 1.72 bits per heavy atom. The highest BCUT2D eigenvalue weighted by atomic mass is 16.4. The van der Waals surface area contributed by atoms with Crippen LogP contribution in [0, 0.1) is 20.8 Å². The summed E-state index contributed by atoms with van der Waals surface area (Å²) < 4.78 is 0. The van der Waals surface area contributed by atoms with Crippen LogP contribution in [0.2, 0.25) is 0 Å². The molecule has 5 nitrogen and oxygen atoms in total. The molecule has 5 heteroatoms. The largest absolute Gasteiger partial charge is 0.476 e. The van der Waals surface area contributed by atoms with E-state index >= 15 is 0 Å². The van der Waals surface area contributed by atoms with Crippen LogP contribution in [0.3, 0.4) is 0 Å². The number of benzene rings is 1. The maximum absolute atomic E-state index is 11.2. The molecule has 0 fully saturated rings. The van der Waals surface area contributed by atoms with Crippen LogP contribution < -0.4 is 0 Å². The highest BCUT2D eigenvalue weighted by Crippen LogP contribution is 2.26. The quantitative estimate of drug-likeness (QED) is 0.879. The first-order valence-electron chi connectivity index (χ1n) is 5.63. The van der Waals surface area contributed by atoms with Gasteiger partial charge in [0.25, 0.3) is 0 Å². The van der Waals surface area contributed by atoms with Crippen LogP contribution >= 0.6 is 0 Å². The molecule has 0 amide bonds. The van der Waals surface area contributed by atoms with Crippen molar-refractivity contribution < 1.29 is 9.90 Å². The lowest BCUT2D eigenvalue weighted by molar-refractivity contribution is 0.0690. The van der Waals surface area contributed by atoms with Gasteiger partial charge in [-0.2, -0.15) is 9.90 Å². The number of hydrogen-bond donors (Lipinski definition) is 1. The van der Waals surface area contributed by atoms with E-state index in [4.69, 9.17) is 5.11 Å². The zero-order chi connectivity index (χ0) is 13.4. The number of nitrogens with zero attached hydrogens (tertiary/aromatic N) is 3. The minimum absolute atomic E-state index is 0.0103. The summed E-state index contributed by atoms with van der Waals surface area (Å²) in [5, 5.41) is 17.2. The van der Waals surface area contributed by atoms with Crippen molar-refractivity contribution in [3.63, 3.8) is 0 Å². The molecule has 0 unspecified atom stereocenters. The van der Waals surface area contributed by atoms with Crippen LogP contribution in [-0.2, 0) is 7.05 Å². The molecule has 1 N–H and O–H groups in total. The smallest absolute Gasteiger partial charge is 0.358 e.